The Bertz CT molecular complexity index is 1690. The molecule has 10 heteroatoms. The minimum Gasteiger partial charge on any atom is -0.349 e. The summed E-state index contributed by atoms with van der Waals surface area (Å²) in [6.07, 6.45) is 4.72. The van der Waals surface area contributed by atoms with Crippen molar-refractivity contribution in [3.8, 4) is 0 Å². The molecule has 3 atom stereocenters. The van der Waals surface area contributed by atoms with Gasteiger partial charge in [0, 0.05) is 35.7 Å². The van der Waals surface area contributed by atoms with Gasteiger partial charge in [-0.15, -0.1) is 0 Å². The highest BCUT2D eigenvalue weighted by molar-refractivity contribution is 6.00. The van der Waals surface area contributed by atoms with Gasteiger partial charge in [-0.1, -0.05) is 30.3 Å². The Morgan fingerprint density at radius 3 is 2.25 bits per heavy atom. The third-order valence-electron chi connectivity index (χ3n) is 9.07. The van der Waals surface area contributed by atoms with Gasteiger partial charge in [0.15, 0.2) is 0 Å². The van der Waals surface area contributed by atoms with E-state index in [0.717, 1.165) is 46.3 Å². The lowest BCUT2D eigenvalue weighted by Crippen LogP contribution is -2.55. The Kier molecular flexibility index (Phi) is 10.3. The van der Waals surface area contributed by atoms with Crippen LogP contribution in [-0.2, 0) is 16.0 Å². The molecule has 254 valence electrons. The zero-order valence-corrected chi connectivity index (χ0v) is 28.3. The average molecular weight is 659 g/mol. The van der Waals surface area contributed by atoms with Crippen LogP contribution in [0.25, 0.3) is 0 Å². The molecular formula is C38H46F2N5O3+. The minimum atomic E-state index is -0.733. The normalized spacial score (nSPS) is 19.0. The summed E-state index contributed by atoms with van der Waals surface area (Å²) in [5, 5.41) is 11.7. The summed E-state index contributed by atoms with van der Waals surface area (Å²) in [4.78, 5) is 39.9. The van der Waals surface area contributed by atoms with Crippen LogP contribution < -0.4 is 21.3 Å². The number of nitrogens with zero attached hydrogens (tertiary/aromatic N) is 1. The van der Waals surface area contributed by atoms with Gasteiger partial charge >= 0.3 is 6.03 Å². The number of urea groups is 1. The van der Waals surface area contributed by atoms with Crippen LogP contribution >= 0.6 is 0 Å². The number of quaternary nitrogens is 1. The number of hydrogen-bond donors (Lipinski definition) is 4. The van der Waals surface area contributed by atoms with E-state index in [2.05, 4.69) is 41.4 Å². The van der Waals surface area contributed by atoms with Crippen LogP contribution in [0.2, 0.25) is 0 Å². The van der Waals surface area contributed by atoms with Crippen molar-refractivity contribution in [3.63, 3.8) is 0 Å². The van der Waals surface area contributed by atoms with Crippen molar-refractivity contribution in [2.24, 2.45) is 5.92 Å². The summed E-state index contributed by atoms with van der Waals surface area (Å²) >= 11 is 0. The molecule has 0 saturated heterocycles. The molecule has 1 saturated carbocycles. The minimum absolute atomic E-state index is 0.00826. The number of benzene rings is 3. The number of carbonyl (C=O) groups excluding carboxylic acids is 3. The van der Waals surface area contributed by atoms with E-state index in [-0.39, 0.29) is 35.3 Å². The summed E-state index contributed by atoms with van der Waals surface area (Å²) in [6.45, 7) is 7.58. The van der Waals surface area contributed by atoms with Crippen LogP contribution in [0.5, 0.6) is 0 Å². The molecule has 4 amide bonds. The summed E-state index contributed by atoms with van der Waals surface area (Å²) < 4.78 is 27.5. The van der Waals surface area contributed by atoms with Crippen molar-refractivity contribution in [2.45, 2.75) is 64.0 Å². The molecule has 4 N–H and O–H groups in total. The lowest BCUT2D eigenvalue weighted by molar-refractivity contribution is -0.887. The largest absolute Gasteiger partial charge is 0.349 e. The predicted octanol–water partition coefficient (Wildman–Crippen LogP) is 6.44. The number of rotatable bonds is 11. The Hall–Kier alpha value is -4.57. The summed E-state index contributed by atoms with van der Waals surface area (Å²) in [5.41, 5.74) is 4.37. The van der Waals surface area contributed by atoms with E-state index in [9.17, 15) is 23.2 Å². The molecular weight excluding hydrogens is 612 g/mol. The lowest BCUT2D eigenvalue weighted by atomic mass is 9.93. The summed E-state index contributed by atoms with van der Waals surface area (Å²) in [5.74, 6) is -1.34. The van der Waals surface area contributed by atoms with E-state index < -0.39 is 17.6 Å². The summed E-state index contributed by atoms with van der Waals surface area (Å²) in [6, 6.07) is 16.3. The molecule has 0 bridgehead atoms. The molecule has 3 aromatic carbocycles. The first-order valence-electron chi connectivity index (χ1n) is 16.5. The van der Waals surface area contributed by atoms with Crippen LogP contribution in [0.15, 0.2) is 78.4 Å². The van der Waals surface area contributed by atoms with E-state index in [0.29, 0.717) is 30.6 Å². The topological polar surface area (TPSA) is 99.3 Å². The van der Waals surface area contributed by atoms with E-state index in [4.69, 9.17) is 0 Å². The molecule has 1 aliphatic heterocycles. The lowest BCUT2D eigenvalue weighted by Gasteiger charge is -2.35. The fourth-order valence-corrected chi connectivity index (χ4v) is 6.52. The Labute approximate surface area is 281 Å². The number of anilines is 2. The van der Waals surface area contributed by atoms with E-state index in [1.54, 1.807) is 12.1 Å². The van der Waals surface area contributed by atoms with Gasteiger partial charge in [-0.05, 0) is 104 Å². The highest BCUT2D eigenvalue weighted by Gasteiger charge is 2.45. The molecule has 3 aromatic rings. The van der Waals surface area contributed by atoms with Crippen molar-refractivity contribution >= 4 is 29.2 Å². The van der Waals surface area contributed by atoms with E-state index in [1.165, 1.54) is 36.4 Å². The van der Waals surface area contributed by atoms with Gasteiger partial charge in [-0.25, -0.2) is 13.6 Å². The maximum absolute atomic E-state index is 13.8. The number of nitrogens with one attached hydrogen (secondary N) is 4. The molecule has 3 unspecified atom stereocenters. The monoisotopic (exact) mass is 658 g/mol. The molecule has 0 spiro atoms. The molecule has 1 aliphatic carbocycles. The van der Waals surface area contributed by atoms with Crippen LogP contribution in [-0.4, -0.2) is 61.1 Å². The number of halogens is 2. The van der Waals surface area contributed by atoms with Crippen LogP contribution in [0.1, 0.15) is 55.7 Å². The molecule has 5 rings (SSSR count). The van der Waals surface area contributed by atoms with Crippen molar-refractivity contribution in [2.75, 3.05) is 37.8 Å². The second kappa shape index (κ2) is 14.3. The Morgan fingerprint density at radius 1 is 0.938 bits per heavy atom. The zero-order chi connectivity index (χ0) is 34.6. The molecule has 0 radical (unpaired) electrons. The number of hydrogen-bond acceptors (Lipinski definition) is 3. The van der Waals surface area contributed by atoms with Crippen molar-refractivity contribution in [1.82, 2.24) is 10.6 Å². The molecule has 8 nitrogen and oxygen atoms in total. The second-order valence-corrected chi connectivity index (χ2v) is 14.5. The van der Waals surface area contributed by atoms with Crippen LogP contribution in [0.4, 0.5) is 25.0 Å². The Balaban J connectivity index is 1.22. The van der Waals surface area contributed by atoms with Gasteiger partial charge < -0.3 is 25.8 Å². The third-order valence-corrected chi connectivity index (χ3v) is 9.07. The highest BCUT2D eigenvalue weighted by Crippen LogP contribution is 2.48. The maximum atomic E-state index is 13.8. The van der Waals surface area contributed by atoms with Gasteiger partial charge in [0.25, 0.3) is 0 Å². The van der Waals surface area contributed by atoms with Gasteiger partial charge in [0.05, 0.1) is 27.2 Å². The van der Waals surface area contributed by atoms with Crippen LogP contribution in [0, 0.1) is 24.5 Å². The van der Waals surface area contributed by atoms with Gasteiger partial charge in [0.1, 0.15) is 17.7 Å². The number of carbonyl (C=O) groups is 3. The van der Waals surface area contributed by atoms with Crippen molar-refractivity contribution in [1.29, 1.82) is 0 Å². The standard InChI is InChI=1S/C38H45F2N5O3/c1-24-19-27(10-17-33(24)43-37(48)41-30-15-13-29(40)14-16-30)31-21-32(31)35(46)42-34(20-26-7-6-18-45(4,5)23-26)36(47)44-38(2,3)22-25-8-11-28(39)12-9-25/h7-17,19,31-32,34H,6,18,20-23H2,1-5H3,(H3-,41,42,43,44,46,47,48)/p+1. The first-order valence-corrected chi connectivity index (χ1v) is 16.5. The molecule has 2 aliphatic rings. The fourth-order valence-electron chi connectivity index (χ4n) is 6.52. The highest BCUT2D eigenvalue weighted by atomic mass is 19.1. The summed E-state index contributed by atoms with van der Waals surface area (Å²) in [7, 11) is 4.34. The van der Waals surface area contributed by atoms with Gasteiger partial charge in [0.2, 0.25) is 11.8 Å². The zero-order valence-electron chi connectivity index (χ0n) is 28.3. The molecule has 0 aromatic heterocycles. The number of likely N-dealkylation sites (N-methyl/N-ethyl adjacent to an activating group) is 1. The average Bonchev–Trinajstić information content (AvgIpc) is 3.81. The Morgan fingerprint density at radius 2 is 1.60 bits per heavy atom. The molecule has 1 fully saturated rings. The third kappa shape index (κ3) is 9.50. The fraction of sp³-hybridized carbons (Fsp3) is 0.395. The quantitative estimate of drug-likeness (QED) is 0.141. The van der Waals surface area contributed by atoms with Gasteiger partial charge in [-0.2, -0.15) is 0 Å². The van der Waals surface area contributed by atoms with E-state index >= 15 is 0 Å². The second-order valence-electron chi connectivity index (χ2n) is 14.5. The van der Waals surface area contributed by atoms with Crippen LogP contribution in [0.3, 0.4) is 0 Å². The SMILES string of the molecule is Cc1cc(C2CC2C(=O)NC(CC2=CCC[N+](C)(C)C2)C(=O)NC(C)(C)Cc2ccc(F)cc2)ccc1NC(=O)Nc1ccc(F)cc1. The number of amides is 4. The van der Waals surface area contributed by atoms with E-state index in [1.807, 2.05) is 39.0 Å². The maximum Gasteiger partial charge on any atom is 0.323 e. The number of aryl methyl sites for hydroxylation is 1. The first kappa shape index (κ1) is 34.8. The van der Waals surface area contributed by atoms with Crippen molar-refractivity contribution in [3.05, 3.63) is 107 Å². The predicted molar refractivity (Wildman–Crippen MR) is 184 cm³/mol. The van der Waals surface area contributed by atoms with Crippen molar-refractivity contribution < 1.29 is 27.6 Å². The smallest absolute Gasteiger partial charge is 0.323 e. The molecule has 48 heavy (non-hydrogen) atoms. The first-order chi connectivity index (χ1) is 22.7. The van der Waals surface area contributed by atoms with Gasteiger partial charge in [-0.3, -0.25) is 9.59 Å². The molecule has 1 heterocycles.